The molecule has 0 saturated heterocycles. The monoisotopic (exact) mass is 270 g/mol. The van der Waals surface area contributed by atoms with Gasteiger partial charge in [0.15, 0.2) is 0 Å². The van der Waals surface area contributed by atoms with Crippen LogP contribution in [0.25, 0.3) is 0 Å². The number of rotatable bonds is 3. The Morgan fingerprint density at radius 3 is 2.78 bits per heavy atom. The van der Waals surface area contributed by atoms with Crippen molar-refractivity contribution < 1.29 is 13.5 Å². The molecular formula is C12H18N2O3S. The Morgan fingerprint density at radius 2 is 2.22 bits per heavy atom. The van der Waals surface area contributed by atoms with Gasteiger partial charge >= 0.3 is 0 Å². The zero-order valence-electron chi connectivity index (χ0n) is 10.5. The van der Waals surface area contributed by atoms with Gasteiger partial charge in [-0.3, -0.25) is 4.31 Å². The summed E-state index contributed by atoms with van der Waals surface area (Å²) in [7, 11) is -3.26. The van der Waals surface area contributed by atoms with E-state index in [4.69, 9.17) is 5.73 Å². The summed E-state index contributed by atoms with van der Waals surface area (Å²) in [6.07, 6.45) is 1.17. The molecule has 1 aromatic carbocycles. The Balaban J connectivity index is 2.45. The summed E-state index contributed by atoms with van der Waals surface area (Å²) in [6, 6.07) is 5.23. The molecule has 1 aliphatic rings. The van der Waals surface area contributed by atoms with Crippen molar-refractivity contribution in [3.8, 4) is 0 Å². The van der Waals surface area contributed by atoms with Crippen LogP contribution in [-0.4, -0.2) is 32.4 Å². The molecule has 0 saturated carbocycles. The predicted octanol–water partition coefficient (Wildman–Crippen LogP) is 0.389. The molecule has 0 spiro atoms. The number of anilines is 1. The summed E-state index contributed by atoms with van der Waals surface area (Å²) in [5.41, 5.74) is 7.80. The molecule has 3 N–H and O–H groups in total. The van der Waals surface area contributed by atoms with Crippen LogP contribution in [0.5, 0.6) is 0 Å². The van der Waals surface area contributed by atoms with E-state index >= 15 is 0 Å². The molecule has 5 nitrogen and oxygen atoms in total. The van der Waals surface area contributed by atoms with Crippen molar-refractivity contribution in [3.63, 3.8) is 0 Å². The quantitative estimate of drug-likeness (QED) is 0.832. The summed E-state index contributed by atoms with van der Waals surface area (Å²) in [4.78, 5) is 0. The molecule has 0 fully saturated rings. The maximum atomic E-state index is 11.7. The molecule has 0 radical (unpaired) electrons. The molecule has 2 unspecified atom stereocenters. The topological polar surface area (TPSA) is 83.6 Å². The van der Waals surface area contributed by atoms with Crippen LogP contribution in [0, 0.1) is 0 Å². The van der Waals surface area contributed by atoms with Crippen molar-refractivity contribution in [3.05, 3.63) is 29.3 Å². The summed E-state index contributed by atoms with van der Waals surface area (Å²) in [5, 5.41) is 9.70. The molecule has 0 bridgehead atoms. The molecule has 1 aromatic rings. The number of nitrogens with two attached hydrogens (primary N) is 1. The van der Waals surface area contributed by atoms with Crippen LogP contribution in [0.2, 0.25) is 0 Å². The average Bonchev–Trinajstić information content (AvgIpc) is 2.62. The second kappa shape index (κ2) is 4.53. The SMILES string of the molecule is CC1Cc2cc(C(O)CN)ccc2N1S(C)(=O)=O. The lowest BCUT2D eigenvalue weighted by atomic mass is 10.0. The minimum atomic E-state index is -3.26. The number of fused-ring (bicyclic) bond motifs is 1. The van der Waals surface area contributed by atoms with Gasteiger partial charge in [0, 0.05) is 12.6 Å². The maximum Gasteiger partial charge on any atom is 0.232 e. The fourth-order valence-corrected chi connectivity index (χ4v) is 3.74. The molecule has 6 heteroatoms. The van der Waals surface area contributed by atoms with E-state index in [2.05, 4.69) is 0 Å². The molecule has 2 rings (SSSR count). The molecule has 2 atom stereocenters. The van der Waals surface area contributed by atoms with Gasteiger partial charge in [0.2, 0.25) is 10.0 Å². The first kappa shape index (κ1) is 13.3. The third kappa shape index (κ3) is 2.23. The second-order valence-electron chi connectivity index (χ2n) is 4.75. The number of hydrogen-bond donors (Lipinski definition) is 2. The van der Waals surface area contributed by atoms with E-state index in [1.54, 1.807) is 12.1 Å². The molecule has 0 aliphatic carbocycles. The van der Waals surface area contributed by atoms with Crippen molar-refractivity contribution in [2.24, 2.45) is 5.73 Å². The molecule has 18 heavy (non-hydrogen) atoms. The van der Waals surface area contributed by atoms with E-state index in [0.717, 1.165) is 11.1 Å². The Morgan fingerprint density at radius 1 is 1.56 bits per heavy atom. The summed E-state index contributed by atoms with van der Waals surface area (Å²) < 4.78 is 24.9. The van der Waals surface area contributed by atoms with Crippen molar-refractivity contribution >= 4 is 15.7 Å². The number of sulfonamides is 1. The lowest BCUT2D eigenvalue weighted by molar-refractivity contribution is 0.186. The molecule has 1 aliphatic heterocycles. The van der Waals surface area contributed by atoms with E-state index in [9.17, 15) is 13.5 Å². The molecule has 0 aromatic heterocycles. The zero-order valence-corrected chi connectivity index (χ0v) is 11.3. The van der Waals surface area contributed by atoms with Crippen molar-refractivity contribution in [2.75, 3.05) is 17.1 Å². The van der Waals surface area contributed by atoms with E-state index < -0.39 is 16.1 Å². The molecule has 0 amide bonds. The largest absolute Gasteiger partial charge is 0.387 e. The predicted molar refractivity (Wildman–Crippen MR) is 70.9 cm³/mol. The van der Waals surface area contributed by atoms with Crippen LogP contribution in [0.1, 0.15) is 24.2 Å². The summed E-state index contributed by atoms with van der Waals surface area (Å²) >= 11 is 0. The van der Waals surface area contributed by atoms with Gasteiger partial charge < -0.3 is 10.8 Å². The standard InChI is InChI=1S/C12H18N2O3S/c1-8-5-10-6-9(12(15)7-13)3-4-11(10)14(8)18(2,16)17/h3-4,6,8,12,15H,5,7,13H2,1-2H3. The zero-order chi connectivity index (χ0) is 13.5. The number of nitrogens with zero attached hydrogens (tertiary/aromatic N) is 1. The summed E-state index contributed by atoms with van der Waals surface area (Å²) in [5.74, 6) is 0. The van der Waals surface area contributed by atoms with Gasteiger partial charge in [-0.15, -0.1) is 0 Å². The van der Waals surface area contributed by atoms with E-state index in [0.29, 0.717) is 12.1 Å². The van der Waals surface area contributed by atoms with Gasteiger partial charge in [-0.2, -0.15) is 0 Å². The highest BCUT2D eigenvalue weighted by Gasteiger charge is 2.32. The Bertz CT molecular complexity index is 556. The number of aliphatic hydroxyl groups excluding tert-OH is 1. The third-order valence-electron chi connectivity index (χ3n) is 3.22. The fraction of sp³-hybridized carbons (Fsp3) is 0.500. The number of aliphatic hydroxyl groups is 1. The van der Waals surface area contributed by atoms with Gasteiger partial charge in [-0.25, -0.2) is 8.42 Å². The average molecular weight is 270 g/mol. The van der Waals surface area contributed by atoms with Gasteiger partial charge in [0.25, 0.3) is 0 Å². The first-order chi connectivity index (χ1) is 8.34. The molecular weight excluding hydrogens is 252 g/mol. The first-order valence-electron chi connectivity index (χ1n) is 5.85. The van der Waals surface area contributed by atoms with Crippen LogP contribution >= 0.6 is 0 Å². The van der Waals surface area contributed by atoms with Crippen LogP contribution in [0.4, 0.5) is 5.69 Å². The third-order valence-corrected chi connectivity index (χ3v) is 4.49. The Hall–Kier alpha value is -1.11. The Kier molecular flexibility index (Phi) is 3.35. The van der Waals surface area contributed by atoms with Gasteiger partial charge in [0.1, 0.15) is 0 Å². The fourth-order valence-electron chi connectivity index (χ4n) is 2.47. The van der Waals surface area contributed by atoms with Gasteiger partial charge in [-0.1, -0.05) is 12.1 Å². The van der Waals surface area contributed by atoms with E-state index in [1.165, 1.54) is 10.6 Å². The smallest absolute Gasteiger partial charge is 0.232 e. The summed E-state index contributed by atoms with van der Waals surface area (Å²) in [6.45, 7) is 2.03. The normalized spacial score (nSPS) is 20.9. The van der Waals surface area contributed by atoms with Crippen LogP contribution in [0.15, 0.2) is 18.2 Å². The minimum Gasteiger partial charge on any atom is -0.387 e. The lowest BCUT2D eigenvalue weighted by Crippen LogP contribution is -2.34. The van der Waals surface area contributed by atoms with Crippen molar-refractivity contribution in [1.29, 1.82) is 0 Å². The Labute approximate surface area is 107 Å². The molecule has 1 heterocycles. The van der Waals surface area contributed by atoms with Gasteiger partial charge in [0.05, 0.1) is 18.0 Å². The highest BCUT2D eigenvalue weighted by Crippen LogP contribution is 2.35. The highest BCUT2D eigenvalue weighted by molar-refractivity contribution is 7.92. The highest BCUT2D eigenvalue weighted by atomic mass is 32.2. The molecule has 100 valence electrons. The van der Waals surface area contributed by atoms with Crippen molar-refractivity contribution in [1.82, 2.24) is 0 Å². The lowest BCUT2D eigenvalue weighted by Gasteiger charge is -2.22. The van der Waals surface area contributed by atoms with E-state index in [1.807, 2.05) is 13.0 Å². The first-order valence-corrected chi connectivity index (χ1v) is 7.69. The van der Waals surface area contributed by atoms with Crippen LogP contribution in [0.3, 0.4) is 0 Å². The van der Waals surface area contributed by atoms with Gasteiger partial charge in [-0.05, 0) is 30.5 Å². The number of benzene rings is 1. The maximum absolute atomic E-state index is 11.7. The number of hydrogen-bond acceptors (Lipinski definition) is 4. The second-order valence-corrected chi connectivity index (χ2v) is 6.61. The van der Waals surface area contributed by atoms with Crippen molar-refractivity contribution in [2.45, 2.75) is 25.5 Å². The minimum absolute atomic E-state index is 0.0831. The van der Waals surface area contributed by atoms with Crippen LogP contribution in [-0.2, 0) is 16.4 Å². The van der Waals surface area contributed by atoms with E-state index in [-0.39, 0.29) is 12.6 Å². The van der Waals surface area contributed by atoms with Crippen LogP contribution < -0.4 is 10.0 Å².